The number of hydrogen-bond acceptors (Lipinski definition) is 2. The van der Waals surface area contributed by atoms with Crippen LogP contribution >= 0.6 is 23.5 Å². The van der Waals surface area contributed by atoms with Gasteiger partial charge in [-0.2, -0.15) is 22.1 Å². The minimum absolute atomic E-state index is 0.530. The van der Waals surface area contributed by atoms with E-state index in [-0.39, 0.29) is 0 Å². The van der Waals surface area contributed by atoms with Crippen LogP contribution in [0.25, 0.3) is 16.9 Å². The zero-order valence-electron chi connectivity index (χ0n) is 14.7. The SMILES string of the molecule is FC(F)Sc1ccc(-c2cn(-c3ccc(SC(F)F)cc3)c3[n+]2CCC3)cc1. The van der Waals surface area contributed by atoms with E-state index >= 15 is 0 Å². The Labute approximate surface area is 168 Å². The monoisotopic (exact) mass is 425 g/mol. The van der Waals surface area contributed by atoms with Gasteiger partial charge in [0.25, 0.3) is 17.3 Å². The molecule has 146 valence electrons. The van der Waals surface area contributed by atoms with Crippen molar-refractivity contribution in [3.63, 3.8) is 0 Å². The predicted octanol–water partition coefficient (Wildman–Crippen LogP) is 6.01. The normalized spacial score (nSPS) is 13.5. The van der Waals surface area contributed by atoms with Crippen molar-refractivity contribution in [3.8, 4) is 16.9 Å². The number of alkyl halides is 4. The minimum Gasteiger partial charge on any atom is -0.227 e. The zero-order chi connectivity index (χ0) is 19.7. The number of aromatic nitrogens is 2. The lowest BCUT2D eigenvalue weighted by Gasteiger charge is -2.02. The van der Waals surface area contributed by atoms with Crippen LogP contribution < -0.4 is 4.57 Å². The summed E-state index contributed by atoms with van der Waals surface area (Å²) < 4.78 is 54.4. The van der Waals surface area contributed by atoms with E-state index in [9.17, 15) is 17.6 Å². The Kier molecular flexibility index (Phi) is 5.68. The third-order valence-corrected chi connectivity index (χ3v) is 6.07. The summed E-state index contributed by atoms with van der Waals surface area (Å²) in [5, 5.41) is 0. The quantitative estimate of drug-likeness (QED) is 0.272. The molecule has 0 N–H and O–H groups in total. The van der Waals surface area contributed by atoms with Gasteiger partial charge >= 0.3 is 0 Å². The number of fused-ring (bicyclic) bond motifs is 1. The molecule has 0 fully saturated rings. The lowest BCUT2D eigenvalue weighted by atomic mass is 10.1. The zero-order valence-corrected chi connectivity index (χ0v) is 16.3. The second-order valence-electron chi connectivity index (χ2n) is 6.33. The molecule has 2 aromatic carbocycles. The predicted molar refractivity (Wildman–Crippen MR) is 103 cm³/mol. The number of nitrogens with zero attached hydrogens (tertiary/aromatic N) is 2. The Morgan fingerprint density at radius 2 is 1.39 bits per heavy atom. The average Bonchev–Trinajstić information content (AvgIpc) is 3.25. The molecule has 3 aromatic rings. The van der Waals surface area contributed by atoms with Crippen LogP contribution in [0.2, 0.25) is 0 Å². The van der Waals surface area contributed by atoms with Crippen LogP contribution in [0.1, 0.15) is 12.2 Å². The van der Waals surface area contributed by atoms with Crippen LogP contribution in [0.4, 0.5) is 17.6 Å². The molecular formula is C20H17F4N2S2+. The summed E-state index contributed by atoms with van der Waals surface area (Å²) in [4.78, 5) is 1.06. The molecule has 2 nitrogen and oxygen atoms in total. The Hall–Kier alpha value is -1.93. The summed E-state index contributed by atoms with van der Waals surface area (Å²) in [6.45, 7) is 0.893. The smallest absolute Gasteiger partial charge is 0.227 e. The highest BCUT2D eigenvalue weighted by molar-refractivity contribution is 7.99. The van der Waals surface area contributed by atoms with E-state index in [1.54, 1.807) is 24.3 Å². The average molecular weight is 425 g/mol. The van der Waals surface area contributed by atoms with Crippen molar-refractivity contribution in [2.24, 2.45) is 0 Å². The van der Waals surface area contributed by atoms with E-state index in [4.69, 9.17) is 0 Å². The van der Waals surface area contributed by atoms with Crippen molar-refractivity contribution in [3.05, 3.63) is 60.6 Å². The van der Waals surface area contributed by atoms with Crippen LogP contribution in [0.5, 0.6) is 0 Å². The third kappa shape index (κ3) is 4.07. The fourth-order valence-corrected chi connectivity index (χ4v) is 4.48. The number of benzene rings is 2. The number of rotatable bonds is 6. The van der Waals surface area contributed by atoms with E-state index in [0.717, 1.165) is 42.2 Å². The molecule has 0 bridgehead atoms. The second-order valence-corrected chi connectivity index (χ2v) is 8.46. The van der Waals surface area contributed by atoms with Crippen LogP contribution in [0.3, 0.4) is 0 Å². The maximum absolute atomic E-state index is 12.5. The highest BCUT2D eigenvalue weighted by Gasteiger charge is 2.29. The first kappa shape index (κ1) is 19.4. The van der Waals surface area contributed by atoms with Gasteiger partial charge in [-0.3, -0.25) is 0 Å². The third-order valence-electron chi connectivity index (χ3n) is 4.63. The van der Waals surface area contributed by atoms with Gasteiger partial charge < -0.3 is 0 Å². The Morgan fingerprint density at radius 1 is 0.821 bits per heavy atom. The van der Waals surface area contributed by atoms with Crippen molar-refractivity contribution in [1.29, 1.82) is 0 Å². The molecule has 1 aliphatic rings. The van der Waals surface area contributed by atoms with Crippen molar-refractivity contribution in [1.82, 2.24) is 4.57 Å². The van der Waals surface area contributed by atoms with Crippen molar-refractivity contribution in [2.75, 3.05) is 0 Å². The maximum Gasteiger partial charge on any atom is 0.288 e. The van der Waals surface area contributed by atoms with E-state index in [2.05, 4.69) is 9.13 Å². The molecule has 1 aliphatic heterocycles. The Bertz CT molecular complexity index is 878. The summed E-state index contributed by atoms with van der Waals surface area (Å²) in [7, 11) is 0. The lowest BCUT2D eigenvalue weighted by molar-refractivity contribution is -0.679. The van der Waals surface area contributed by atoms with Crippen LogP contribution in [-0.4, -0.2) is 16.1 Å². The summed E-state index contributed by atoms with van der Waals surface area (Å²) >= 11 is 1.07. The fourth-order valence-electron chi connectivity index (χ4n) is 3.49. The molecule has 8 heteroatoms. The first-order valence-corrected chi connectivity index (χ1v) is 10.5. The molecular weight excluding hydrogens is 408 g/mol. The Morgan fingerprint density at radius 3 is 1.96 bits per heavy atom. The highest BCUT2D eigenvalue weighted by Crippen LogP contribution is 2.30. The van der Waals surface area contributed by atoms with Gasteiger partial charge in [0.05, 0.1) is 13.0 Å². The van der Waals surface area contributed by atoms with Gasteiger partial charge in [0, 0.05) is 15.4 Å². The summed E-state index contributed by atoms with van der Waals surface area (Å²) in [5.74, 6) is -3.72. The van der Waals surface area contributed by atoms with Gasteiger partial charge in [-0.1, -0.05) is 23.5 Å². The summed E-state index contributed by atoms with van der Waals surface area (Å²) in [6, 6.07) is 14.2. The van der Waals surface area contributed by atoms with E-state index in [1.807, 2.05) is 30.5 Å². The minimum atomic E-state index is -2.44. The lowest BCUT2D eigenvalue weighted by Crippen LogP contribution is -2.33. The van der Waals surface area contributed by atoms with E-state index in [1.165, 1.54) is 0 Å². The van der Waals surface area contributed by atoms with Gasteiger partial charge in [-0.15, -0.1) is 0 Å². The summed E-state index contributed by atoms with van der Waals surface area (Å²) in [5.41, 5.74) is 2.90. The van der Waals surface area contributed by atoms with Gasteiger partial charge in [-0.25, -0.2) is 4.57 Å². The molecule has 1 aromatic heterocycles. The molecule has 0 radical (unpaired) electrons. The maximum atomic E-state index is 12.5. The Balaban J connectivity index is 1.66. The number of hydrogen-bond donors (Lipinski definition) is 0. The largest absolute Gasteiger partial charge is 0.288 e. The van der Waals surface area contributed by atoms with Gasteiger partial charge in [-0.05, 0) is 55.0 Å². The molecule has 0 spiro atoms. The van der Waals surface area contributed by atoms with Gasteiger partial charge in [0.1, 0.15) is 11.9 Å². The van der Waals surface area contributed by atoms with Crippen LogP contribution in [0, 0.1) is 0 Å². The van der Waals surface area contributed by atoms with Gasteiger partial charge in [0.15, 0.2) is 5.69 Å². The topological polar surface area (TPSA) is 8.81 Å². The molecule has 0 saturated carbocycles. The molecule has 0 amide bonds. The fraction of sp³-hybridized carbons (Fsp3) is 0.250. The van der Waals surface area contributed by atoms with Crippen LogP contribution in [-0.2, 0) is 13.0 Å². The number of thioether (sulfide) groups is 2. The molecule has 2 heterocycles. The van der Waals surface area contributed by atoms with Gasteiger partial charge in [0.2, 0.25) is 0 Å². The van der Waals surface area contributed by atoms with Crippen molar-refractivity contribution in [2.45, 2.75) is 40.7 Å². The summed E-state index contributed by atoms with van der Waals surface area (Å²) in [6.07, 6.45) is 3.98. The van der Waals surface area contributed by atoms with Crippen molar-refractivity contribution < 1.29 is 22.1 Å². The number of imidazole rings is 1. The number of halogens is 4. The van der Waals surface area contributed by atoms with E-state index < -0.39 is 11.5 Å². The second kappa shape index (κ2) is 8.21. The molecule has 0 aliphatic carbocycles. The molecule has 4 rings (SSSR count). The molecule has 0 saturated heterocycles. The molecule has 28 heavy (non-hydrogen) atoms. The van der Waals surface area contributed by atoms with E-state index in [0.29, 0.717) is 33.3 Å². The molecule has 0 atom stereocenters. The first-order chi connectivity index (χ1) is 13.5. The first-order valence-electron chi connectivity index (χ1n) is 8.76. The molecule has 0 unspecified atom stereocenters. The standard InChI is InChI=1S/C20H17F4N2S2/c21-19(22)27-15-7-3-13(4-8-15)17-12-26(18-2-1-11-25(17)18)14-5-9-16(10-6-14)28-20(23)24/h3-10,12,19-20H,1-2,11H2/q+1. The van der Waals surface area contributed by atoms with Crippen LogP contribution in [0.15, 0.2) is 64.5 Å². The highest BCUT2D eigenvalue weighted by atomic mass is 32.2. The van der Waals surface area contributed by atoms with Crippen molar-refractivity contribution >= 4 is 23.5 Å².